The third kappa shape index (κ3) is 2.66. The lowest BCUT2D eigenvalue weighted by molar-refractivity contribution is -0.145. The summed E-state index contributed by atoms with van der Waals surface area (Å²) in [6, 6.07) is 0. The summed E-state index contributed by atoms with van der Waals surface area (Å²) in [6.45, 7) is 2.39. The van der Waals surface area contributed by atoms with Crippen LogP contribution in [-0.4, -0.2) is 18.4 Å². The van der Waals surface area contributed by atoms with E-state index in [0.717, 1.165) is 12.8 Å². The van der Waals surface area contributed by atoms with Crippen molar-refractivity contribution in [2.24, 2.45) is 5.92 Å². The Labute approximate surface area is 83.1 Å². The van der Waals surface area contributed by atoms with Gasteiger partial charge in [0.25, 0.3) is 5.92 Å². The SMILES string of the molecule is CCCNC(=O)C1CCCCC1(F)F. The molecule has 1 atom stereocenters. The van der Waals surface area contributed by atoms with Crippen molar-refractivity contribution in [3.8, 4) is 0 Å². The molecule has 1 rings (SSSR count). The van der Waals surface area contributed by atoms with Crippen LogP contribution < -0.4 is 5.32 Å². The standard InChI is InChI=1S/C10H17F2NO/c1-2-7-13-9(14)8-5-3-4-6-10(8,11)12/h8H,2-7H2,1H3,(H,13,14). The van der Waals surface area contributed by atoms with Crippen LogP contribution in [0.25, 0.3) is 0 Å². The Morgan fingerprint density at radius 3 is 2.79 bits per heavy atom. The zero-order chi connectivity index (χ0) is 10.6. The highest BCUT2D eigenvalue weighted by Crippen LogP contribution is 2.38. The first-order valence-corrected chi connectivity index (χ1v) is 5.23. The van der Waals surface area contributed by atoms with Crippen molar-refractivity contribution < 1.29 is 13.6 Å². The molecule has 82 valence electrons. The number of carbonyl (C=O) groups is 1. The fourth-order valence-electron chi connectivity index (χ4n) is 1.79. The normalized spacial score (nSPS) is 25.8. The van der Waals surface area contributed by atoms with Gasteiger partial charge in [0.2, 0.25) is 5.91 Å². The minimum atomic E-state index is -2.80. The summed E-state index contributed by atoms with van der Waals surface area (Å²) in [5.74, 6) is -4.37. The molecule has 1 amide bonds. The number of hydrogen-bond donors (Lipinski definition) is 1. The predicted octanol–water partition coefficient (Wildman–Crippen LogP) is 2.34. The van der Waals surface area contributed by atoms with E-state index in [2.05, 4.69) is 5.32 Å². The molecule has 1 aliphatic rings. The molecule has 1 fully saturated rings. The summed E-state index contributed by atoms with van der Waals surface area (Å²) in [7, 11) is 0. The number of alkyl halides is 2. The van der Waals surface area contributed by atoms with E-state index < -0.39 is 17.7 Å². The topological polar surface area (TPSA) is 29.1 Å². The maximum absolute atomic E-state index is 13.3. The van der Waals surface area contributed by atoms with Gasteiger partial charge >= 0.3 is 0 Å². The van der Waals surface area contributed by atoms with E-state index in [1.807, 2.05) is 6.92 Å². The molecule has 0 aliphatic heterocycles. The van der Waals surface area contributed by atoms with E-state index in [1.54, 1.807) is 0 Å². The van der Waals surface area contributed by atoms with E-state index in [1.165, 1.54) is 0 Å². The molecule has 0 radical (unpaired) electrons. The molecule has 1 aliphatic carbocycles. The van der Waals surface area contributed by atoms with Gasteiger partial charge in [-0.2, -0.15) is 0 Å². The van der Waals surface area contributed by atoms with E-state index >= 15 is 0 Å². The minimum Gasteiger partial charge on any atom is -0.356 e. The molecule has 0 spiro atoms. The smallest absolute Gasteiger partial charge is 0.259 e. The zero-order valence-electron chi connectivity index (χ0n) is 8.48. The van der Waals surface area contributed by atoms with Crippen LogP contribution in [0, 0.1) is 5.92 Å². The van der Waals surface area contributed by atoms with Crippen molar-refractivity contribution >= 4 is 5.91 Å². The van der Waals surface area contributed by atoms with Crippen LogP contribution in [0.5, 0.6) is 0 Å². The van der Waals surface area contributed by atoms with Gasteiger partial charge in [0.15, 0.2) is 0 Å². The first-order valence-electron chi connectivity index (χ1n) is 5.23. The monoisotopic (exact) mass is 205 g/mol. The zero-order valence-corrected chi connectivity index (χ0v) is 8.48. The van der Waals surface area contributed by atoms with Gasteiger partial charge in [-0.05, 0) is 19.3 Å². The highest BCUT2D eigenvalue weighted by Gasteiger charge is 2.45. The lowest BCUT2D eigenvalue weighted by Crippen LogP contribution is -2.43. The van der Waals surface area contributed by atoms with E-state index in [4.69, 9.17) is 0 Å². The highest BCUT2D eigenvalue weighted by atomic mass is 19.3. The van der Waals surface area contributed by atoms with Gasteiger partial charge < -0.3 is 5.32 Å². The number of rotatable bonds is 3. The Kier molecular flexibility index (Phi) is 3.84. The highest BCUT2D eigenvalue weighted by molar-refractivity contribution is 5.79. The lowest BCUT2D eigenvalue weighted by atomic mass is 9.85. The summed E-state index contributed by atoms with van der Waals surface area (Å²) in [5, 5.41) is 2.54. The average Bonchev–Trinajstić information content (AvgIpc) is 2.13. The van der Waals surface area contributed by atoms with Crippen LogP contribution in [0.4, 0.5) is 8.78 Å². The van der Waals surface area contributed by atoms with Crippen molar-refractivity contribution in [1.29, 1.82) is 0 Å². The summed E-state index contributed by atoms with van der Waals surface area (Å²) < 4.78 is 26.6. The van der Waals surface area contributed by atoms with E-state index in [-0.39, 0.29) is 6.42 Å². The van der Waals surface area contributed by atoms with Gasteiger partial charge in [-0.25, -0.2) is 8.78 Å². The number of halogens is 2. The van der Waals surface area contributed by atoms with Gasteiger partial charge in [0.1, 0.15) is 5.92 Å². The quantitative estimate of drug-likeness (QED) is 0.752. The molecule has 0 aromatic carbocycles. The molecule has 0 saturated heterocycles. The van der Waals surface area contributed by atoms with Crippen molar-refractivity contribution in [2.45, 2.75) is 45.0 Å². The van der Waals surface area contributed by atoms with Gasteiger partial charge in [0, 0.05) is 13.0 Å². The minimum absolute atomic E-state index is 0.142. The molecule has 1 N–H and O–H groups in total. The number of nitrogens with one attached hydrogen (secondary N) is 1. The molecule has 0 heterocycles. The predicted molar refractivity (Wildman–Crippen MR) is 50.2 cm³/mol. The molecular weight excluding hydrogens is 188 g/mol. The molecule has 4 heteroatoms. The molecule has 1 unspecified atom stereocenters. The third-order valence-corrected chi connectivity index (χ3v) is 2.63. The van der Waals surface area contributed by atoms with Gasteiger partial charge in [-0.1, -0.05) is 13.3 Å². The number of amides is 1. The van der Waals surface area contributed by atoms with Gasteiger partial charge in [0.05, 0.1) is 0 Å². The fourth-order valence-corrected chi connectivity index (χ4v) is 1.79. The van der Waals surface area contributed by atoms with Crippen LogP contribution in [0.2, 0.25) is 0 Å². The summed E-state index contributed by atoms with van der Waals surface area (Å²) in [6.07, 6.45) is 2.23. The Morgan fingerprint density at radius 1 is 1.50 bits per heavy atom. The summed E-state index contributed by atoms with van der Waals surface area (Å²) >= 11 is 0. The molecule has 0 aromatic heterocycles. The lowest BCUT2D eigenvalue weighted by Gasteiger charge is -2.30. The average molecular weight is 205 g/mol. The van der Waals surface area contributed by atoms with Gasteiger partial charge in [-0.15, -0.1) is 0 Å². The first-order chi connectivity index (χ1) is 6.58. The molecule has 1 saturated carbocycles. The number of carbonyl (C=O) groups excluding carboxylic acids is 1. The Hall–Kier alpha value is -0.670. The van der Waals surface area contributed by atoms with Crippen LogP contribution >= 0.6 is 0 Å². The fraction of sp³-hybridized carbons (Fsp3) is 0.900. The Morgan fingerprint density at radius 2 is 2.21 bits per heavy atom. The van der Waals surface area contributed by atoms with E-state index in [0.29, 0.717) is 19.4 Å². The van der Waals surface area contributed by atoms with Crippen molar-refractivity contribution in [1.82, 2.24) is 5.32 Å². The maximum atomic E-state index is 13.3. The Bertz CT molecular complexity index is 206. The third-order valence-electron chi connectivity index (χ3n) is 2.63. The van der Waals surface area contributed by atoms with Crippen LogP contribution in [0.1, 0.15) is 39.0 Å². The van der Waals surface area contributed by atoms with Gasteiger partial charge in [-0.3, -0.25) is 4.79 Å². The Balaban J connectivity index is 2.51. The number of hydrogen-bond acceptors (Lipinski definition) is 1. The molecule has 0 bridgehead atoms. The second-order valence-corrected chi connectivity index (χ2v) is 3.85. The van der Waals surface area contributed by atoms with Crippen molar-refractivity contribution in [3.63, 3.8) is 0 Å². The maximum Gasteiger partial charge on any atom is 0.259 e. The largest absolute Gasteiger partial charge is 0.356 e. The summed E-state index contributed by atoms with van der Waals surface area (Å²) in [5.41, 5.74) is 0. The molecule has 0 aromatic rings. The molecule has 14 heavy (non-hydrogen) atoms. The summed E-state index contributed by atoms with van der Waals surface area (Å²) in [4.78, 5) is 11.4. The van der Waals surface area contributed by atoms with Crippen LogP contribution in [0.3, 0.4) is 0 Å². The van der Waals surface area contributed by atoms with Crippen LogP contribution in [-0.2, 0) is 4.79 Å². The molecular formula is C10H17F2NO. The first kappa shape index (κ1) is 11.4. The van der Waals surface area contributed by atoms with Crippen molar-refractivity contribution in [2.75, 3.05) is 6.54 Å². The second kappa shape index (κ2) is 4.71. The molecule has 2 nitrogen and oxygen atoms in total. The van der Waals surface area contributed by atoms with Crippen molar-refractivity contribution in [3.05, 3.63) is 0 Å². The van der Waals surface area contributed by atoms with Crippen LogP contribution in [0.15, 0.2) is 0 Å². The van der Waals surface area contributed by atoms with E-state index in [9.17, 15) is 13.6 Å². The second-order valence-electron chi connectivity index (χ2n) is 3.85.